The van der Waals surface area contributed by atoms with E-state index >= 15 is 0 Å². The number of rotatable bonds is 7. The summed E-state index contributed by atoms with van der Waals surface area (Å²) in [5, 5.41) is 5.90. The molecule has 0 spiro atoms. The van der Waals surface area contributed by atoms with Crippen molar-refractivity contribution < 1.29 is 19.1 Å². The minimum atomic E-state index is -0.894. The van der Waals surface area contributed by atoms with Gasteiger partial charge in [-0.15, -0.1) is 0 Å². The molecule has 0 aromatic heterocycles. The quantitative estimate of drug-likeness (QED) is 0.534. The maximum absolute atomic E-state index is 13.7. The van der Waals surface area contributed by atoms with E-state index in [4.69, 9.17) is 16.3 Å². The molecule has 2 N–H and O–H groups in total. The molecule has 0 heterocycles. The average Bonchev–Trinajstić information content (AvgIpc) is 3.48. The Kier molecular flexibility index (Phi) is 8.11. The number of aryl methyl sites for hydroxylation is 2. The van der Waals surface area contributed by atoms with Crippen LogP contribution in [0.3, 0.4) is 0 Å². The fraction of sp³-hybridized carbons (Fsp3) is 0.444. The molecule has 0 bridgehead atoms. The lowest BCUT2D eigenvalue weighted by molar-refractivity contribution is -0.139. The third kappa shape index (κ3) is 6.98. The van der Waals surface area contributed by atoms with Crippen molar-refractivity contribution in [2.45, 2.75) is 65.6 Å². The van der Waals surface area contributed by atoms with Gasteiger partial charge in [0, 0.05) is 6.04 Å². The number of amides is 3. The number of anilines is 1. The maximum atomic E-state index is 13.7. The Hall–Kier alpha value is -3.06. The van der Waals surface area contributed by atoms with Gasteiger partial charge in [-0.2, -0.15) is 0 Å². The number of carbonyl (C=O) groups is 3. The van der Waals surface area contributed by atoms with Crippen LogP contribution in [0, 0.1) is 19.8 Å². The van der Waals surface area contributed by atoms with Gasteiger partial charge in [0.15, 0.2) is 0 Å². The van der Waals surface area contributed by atoms with E-state index in [-0.39, 0.29) is 30.3 Å². The Morgan fingerprint density at radius 3 is 2.29 bits per heavy atom. The van der Waals surface area contributed by atoms with Crippen molar-refractivity contribution >= 4 is 35.2 Å². The molecular formula is C27H34ClN3O4. The Labute approximate surface area is 212 Å². The van der Waals surface area contributed by atoms with Gasteiger partial charge in [-0.3, -0.25) is 9.59 Å². The number of nitrogens with zero attached hydrogens (tertiary/aromatic N) is 1. The second-order valence-corrected chi connectivity index (χ2v) is 10.6. The van der Waals surface area contributed by atoms with Crippen LogP contribution < -0.4 is 10.6 Å². The number of alkyl carbamates (subject to hydrolysis) is 1. The first-order chi connectivity index (χ1) is 16.4. The van der Waals surface area contributed by atoms with E-state index < -0.39 is 17.7 Å². The SMILES string of the molecule is Cc1ccc(C(C(=O)Nc2c(C)cccc2Cl)N(C(=O)CNC(=O)OC(C)(C)C)C2CC2C)cc1. The van der Waals surface area contributed by atoms with Crippen molar-refractivity contribution in [2.75, 3.05) is 11.9 Å². The summed E-state index contributed by atoms with van der Waals surface area (Å²) in [4.78, 5) is 41.0. The second kappa shape index (κ2) is 10.7. The number of benzene rings is 2. The van der Waals surface area contributed by atoms with Crippen LogP contribution in [0.5, 0.6) is 0 Å². The molecule has 1 saturated carbocycles. The highest BCUT2D eigenvalue weighted by atomic mass is 35.5. The molecule has 2 aromatic rings. The first-order valence-corrected chi connectivity index (χ1v) is 12.2. The van der Waals surface area contributed by atoms with Crippen molar-refractivity contribution in [1.29, 1.82) is 0 Å². The van der Waals surface area contributed by atoms with E-state index in [1.54, 1.807) is 31.7 Å². The highest BCUT2D eigenvalue weighted by Gasteiger charge is 2.46. The van der Waals surface area contributed by atoms with Gasteiger partial charge < -0.3 is 20.3 Å². The van der Waals surface area contributed by atoms with E-state index in [1.807, 2.05) is 57.2 Å². The minimum Gasteiger partial charge on any atom is -0.444 e. The van der Waals surface area contributed by atoms with Crippen LogP contribution in [0.4, 0.5) is 10.5 Å². The summed E-state index contributed by atoms with van der Waals surface area (Å²) in [5.74, 6) is -0.486. The molecule has 0 radical (unpaired) electrons. The summed E-state index contributed by atoms with van der Waals surface area (Å²) < 4.78 is 5.26. The molecular weight excluding hydrogens is 466 g/mol. The summed E-state index contributed by atoms with van der Waals surface area (Å²) in [6.07, 6.45) is 0.0940. The molecule has 1 aliphatic rings. The number of carbonyl (C=O) groups excluding carboxylic acids is 3. The lowest BCUT2D eigenvalue weighted by atomic mass is 10.0. The fourth-order valence-electron chi connectivity index (χ4n) is 3.93. The number of ether oxygens (including phenoxy) is 1. The second-order valence-electron chi connectivity index (χ2n) is 10.2. The van der Waals surface area contributed by atoms with Crippen molar-refractivity contribution in [1.82, 2.24) is 10.2 Å². The molecule has 35 heavy (non-hydrogen) atoms. The Bertz CT molecular complexity index is 1070. The highest BCUT2D eigenvalue weighted by Crippen LogP contribution is 2.41. The van der Waals surface area contributed by atoms with Gasteiger partial charge in [0.25, 0.3) is 5.91 Å². The van der Waals surface area contributed by atoms with Crippen LogP contribution in [-0.2, 0) is 14.3 Å². The predicted octanol–water partition coefficient (Wildman–Crippen LogP) is 5.40. The summed E-state index contributed by atoms with van der Waals surface area (Å²) in [5.41, 5.74) is 2.37. The largest absolute Gasteiger partial charge is 0.444 e. The van der Waals surface area contributed by atoms with Crippen LogP contribution >= 0.6 is 11.6 Å². The lowest BCUT2D eigenvalue weighted by Crippen LogP contribution is -2.48. The smallest absolute Gasteiger partial charge is 0.408 e. The number of nitrogens with one attached hydrogen (secondary N) is 2. The number of hydrogen-bond acceptors (Lipinski definition) is 4. The molecule has 3 amide bonds. The van der Waals surface area contributed by atoms with E-state index in [9.17, 15) is 14.4 Å². The summed E-state index contributed by atoms with van der Waals surface area (Å²) in [6.45, 7) is 10.8. The van der Waals surface area contributed by atoms with Crippen molar-refractivity contribution in [3.63, 3.8) is 0 Å². The Balaban J connectivity index is 1.92. The van der Waals surface area contributed by atoms with Crippen LogP contribution in [0.15, 0.2) is 42.5 Å². The number of halogens is 1. The lowest BCUT2D eigenvalue weighted by Gasteiger charge is -2.32. The van der Waals surface area contributed by atoms with Gasteiger partial charge in [-0.25, -0.2) is 4.79 Å². The van der Waals surface area contributed by atoms with Gasteiger partial charge in [-0.05, 0) is 64.2 Å². The van der Waals surface area contributed by atoms with E-state index in [2.05, 4.69) is 10.6 Å². The third-order valence-electron chi connectivity index (χ3n) is 5.88. The molecule has 1 fully saturated rings. The summed E-state index contributed by atoms with van der Waals surface area (Å²) in [7, 11) is 0. The van der Waals surface area contributed by atoms with Crippen molar-refractivity contribution in [2.24, 2.45) is 5.92 Å². The first-order valence-electron chi connectivity index (χ1n) is 11.8. The zero-order valence-corrected chi connectivity index (χ0v) is 21.9. The molecule has 7 nitrogen and oxygen atoms in total. The van der Waals surface area contributed by atoms with E-state index in [1.165, 1.54) is 0 Å². The normalized spacial score (nSPS) is 17.8. The highest BCUT2D eigenvalue weighted by molar-refractivity contribution is 6.34. The van der Waals surface area contributed by atoms with Crippen LogP contribution in [0.2, 0.25) is 5.02 Å². The van der Waals surface area contributed by atoms with Gasteiger partial charge in [0.05, 0.1) is 10.7 Å². The van der Waals surface area contributed by atoms with Crippen molar-refractivity contribution in [3.05, 3.63) is 64.2 Å². The standard InChI is InChI=1S/C27H34ClN3O4/c1-16-10-12-19(13-11-16)24(25(33)30-23-17(2)8-7-9-20(23)28)31(21-14-18(21)3)22(32)15-29-26(34)35-27(4,5)6/h7-13,18,21,24H,14-15H2,1-6H3,(H,29,34)(H,30,33). The molecule has 0 aliphatic heterocycles. The van der Waals surface area contributed by atoms with Crippen molar-refractivity contribution in [3.8, 4) is 0 Å². The van der Waals surface area contributed by atoms with Gasteiger partial charge >= 0.3 is 6.09 Å². The molecule has 8 heteroatoms. The molecule has 0 saturated heterocycles. The van der Waals surface area contributed by atoms with Gasteiger partial charge in [-0.1, -0.05) is 60.5 Å². The molecule has 3 rings (SSSR count). The maximum Gasteiger partial charge on any atom is 0.408 e. The van der Waals surface area contributed by atoms with Gasteiger partial charge in [0.1, 0.15) is 18.2 Å². The number of hydrogen-bond donors (Lipinski definition) is 2. The zero-order valence-electron chi connectivity index (χ0n) is 21.1. The topological polar surface area (TPSA) is 87.7 Å². The Morgan fingerprint density at radius 1 is 1.11 bits per heavy atom. The van der Waals surface area contributed by atoms with Crippen LogP contribution in [0.1, 0.15) is 56.8 Å². The first kappa shape index (κ1) is 26.5. The zero-order chi connectivity index (χ0) is 25.9. The third-order valence-corrected chi connectivity index (χ3v) is 6.20. The van der Waals surface area contributed by atoms with Gasteiger partial charge in [0.2, 0.25) is 5.91 Å². The fourth-order valence-corrected chi connectivity index (χ4v) is 4.20. The monoisotopic (exact) mass is 499 g/mol. The molecule has 2 aromatic carbocycles. The molecule has 188 valence electrons. The summed E-state index contributed by atoms with van der Waals surface area (Å²) in [6, 6.07) is 11.9. The molecule has 3 unspecified atom stereocenters. The predicted molar refractivity (Wildman–Crippen MR) is 137 cm³/mol. The van der Waals surface area contributed by atoms with Crippen LogP contribution in [0.25, 0.3) is 0 Å². The minimum absolute atomic E-state index is 0.118. The molecule has 1 aliphatic carbocycles. The van der Waals surface area contributed by atoms with E-state index in [0.717, 1.165) is 17.5 Å². The summed E-state index contributed by atoms with van der Waals surface area (Å²) >= 11 is 6.37. The molecule has 3 atom stereocenters. The Morgan fingerprint density at radius 2 is 1.74 bits per heavy atom. The van der Waals surface area contributed by atoms with Crippen LogP contribution in [-0.4, -0.2) is 41.0 Å². The van der Waals surface area contributed by atoms with E-state index in [0.29, 0.717) is 16.3 Å². The average molecular weight is 500 g/mol. The number of para-hydroxylation sites is 1.